The van der Waals surface area contributed by atoms with Gasteiger partial charge in [0, 0.05) is 50.6 Å². The number of nitrogens with zero attached hydrogens (tertiary/aromatic N) is 3. The predicted molar refractivity (Wildman–Crippen MR) is 82.1 cm³/mol. The zero-order valence-electron chi connectivity index (χ0n) is 13.6. The number of aromatic nitrogens is 2. The first-order valence-corrected chi connectivity index (χ1v) is 8.28. The maximum absolute atomic E-state index is 12.8. The van der Waals surface area contributed by atoms with Gasteiger partial charge >= 0.3 is 0 Å². The van der Waals surface area contributed by atoms with Crippen LogP contribution in [0.3, 0.4) is 0 Å². The van der Waals surface area contributed by atoms with Crippen molar-refractivity contribution in [2.45, 2.75) is 57.7 Å². The van der Waals surface area contributed by atoms with Gasteiger partial charge in [-0.3, -0.25) is 14.4 Å². The molecule has 1 aromatic rings. The zero-order chi connectivity index (χ0) is 16.6. The summed E-state index contributed by atoms with van der Waals surface area (Å²) in [6, 6.07) is 2.68. The Kier molecular flexibility index (Phi) is 4.40. The van der Waals surface area contributed by atoms with E-state index in [9.17, 15) is 13.6 Å². The molecular formula is C16H24F2N4O. The zero-order valence-corrected chi connectivity index (χ0v) is 13.6. The molecular weight excluding hydrogens is 302 g/mol. The van der Waals surface area contributed by atoms with Crippen LogP contribution >= 0.6 is 0 Å². The van der Waals surface area contributed by atoms with E-state index in [2.05, 4.69) is 29.2 Å². The third-order valence-corrected chi connectivity index (χ3v) is 4.88. The highest BCUT2D eigenvalue weighted by Gasteiger charge is 2.48. The second-order valence-corrected chi connectivity index (χ2v) is 6.98. The average molecular weight is 326 g/mol. The van der Waals surface area contributed by atoms with Crippen molar-refractivity contribution in [3.05, 3.63) is 18.0 Å². The lowest BCUT2D eigenvalue weighted by Crippen LogP contribution is -2.46. The van der Waals surface area contributed by atoms with E-state index < -0.39 is 11.8 Å². The minimum Gasteiger partial charge on any atom is -0.356 e. The number of carbonyl (C=O) groups is 1. The van der Waals surface area contributed by atoms with Crippen molar-refractivity contribution in [3.63, 3.8) is 0 Å². The van der Waals surface area contributed by atoms with Gasteiger partial charge in [-0.2, -0.15) is 5.10 Å². The van der Waals surface area contributed by atoms with Crippen LogP contribution in [-0.4, -0.2) is 45.6 Å². The van der Waals surface area contributed by atoms with E-state index in [1.165, 1.54) is 5.69 Å². The number of hydrogen-bond donors (Lipinski definition) is 1. The van der Waals surface area contributed by atoms with E-state index in [1.54, 1.807) is 6.20 Å². The van der Waals surface area contributed by atoms with Crippen LogP contribution in [-0.2, 0) is 11.3 Å². The molecule has 1 atom stereocenters. The first-order valence-electron chi connectivity index (χ1n) is 8.28. The van der Waals surface area contributed by atoms with Crippen molar-refractivity contribution in [3.8, 4) is 0 Å². The Balaban J connectivity index is 1.51. The van der Waals surface area contributed by atoms with Gasteiger partial charge in [0.2, 0.25) is 11.8 Å². The molecule has 1 aliphatic carbocycles. The molecule has 0 radical (unpaired) electrons. The first-order chi connectivity index (χ1) is 10.9. The molecule has 1 fully saturated rings. The Morgan fingerprint density at radius 1 is 1.48 bits per heavy atom. The number of hydrogen-bond acceptors (Lipinski definition) is 3. The Morgan fingerprint density at radius 3 is 2.87 bits per heavy atom. The quantitative estimate of drug-likeness (QED) is 0.902. The van der Waals surface area contributed by atoms with Crippen molar-refractivity contribution >= 4 is 5.91 Å². The van der Waals surface area contributed by atoms with Crippen molar-refractivity contribution < 1.29 is 13.6 Å². The number of alkyl halides is 2. The number of amides is 1. The third kappa shape index (κ3) is 3.54. The summed E-state index contributed by atoms with van der Waals surface area (Å²) >= 11 is 0. The molecule has 0 spiro atoms. The maximum Gasteiger partial charge on any atom is 0.249 e. The van der Waals surface area contributed by atoms with Gasteiger partial charge < -0.3 is 5.32 Å². The molecule has 5 nitrogen and oxygen atoms in total. The number of halogens is 2. The molecule has 1 aromatic heterocycles. The first kappa shape index (κ1) is 16.4. The topological polar surface area (TPSA) is 50.2 Å². The van der Waals surface area contributed by atoms with Crippen LogP contribution in [0.4, 0.5) is 8.78 Å². The molecule has 0 bridgehead atoms. The smallest absolute Gasteiger partial charge is 0.249 e. The van der Waals surface area contributed by atoms with E-state index >= 15 is 0 Å². The molecule has 7 heteroatoms. The van der Waals surface area contributed by atoms with Crippen molar-refractivity contribution in [2.24, 2.45) is 5.92 Å². The summed E-state index contributed by atoms with van der Waals surface area (Å²) in [5, 5.41) is 7.19. The highest BCUT2D eigenvalue weighted by Crippen LogP contribution is 2.42. The van der Waals surface area contributed by atoms with Gasteiger partial charge in [0.15, 0.2) is 0 Å². The molecule has 1 saturated carbocycles. The van der Waals surface area contributed by atoms with Gasteiger partial charge in [0.1, 0.15) is 0 Å². The lowest BCUT2D eigenvalue weighted by molar-refractivity contribution is -0.150. The van der Waals surface area contributed by atoms with Gasteiger partial charge in [-0.15, -0.1) is 0 Å². The maximum atomic E-state index is 12.8. The molecule has 1 amide bonds. The monoisotopic (exact) mass is 326 g/mol. The molecule has 1 aliphatic heterocycles. The lowest BCUT2D eigenvalue weighted by Gasteiger charge is -2.36. The van der Waals surface area contributed by atoms with E-state index in [0.29, 0.717) is 12.6 Å². The number of fused-ring (bicyclic) bond motifs is 1. The average Bonchev–Trinajstić information content (AvgIpc) is 2.92. The Morgan fingerprint density at radius 2 is 2.22 bits per heavy atom. The van der Waals surface area contributed by atoms with Gasteiger partial charge in [-0.05, 0) is 26.3 Å². The van der Waals surface area contributed by atoms with E-state index in [1.807, 2.05) is 10.7 Å². The molecule has 2 heterocycles. The second-order valence-electron chi connectivity index (χ2n) is 6.98. The summed E-state index contributed by atoms with van der Waals surface area (Å²) in [6.45, 7) is 6.61. The van der Waals surface area contributed by atoms with Crippen LogP contribution in [0.1, 0.15) is 44.8 Å². The van der Waals surface area contributed by atoms with E-state index in [4.69, 9.17) is 0 Å². The van der Waals surface area contributed by atoms with Crippen LogP contribution in [0.5, 0.6) is 0 Å². The van der Waals surface area contributed by atoms with Gasteiger partial charge in [0.05, 0.1) is 11.7 Å². The Hall–Kier alpha value is -1.50. The van der Waals surface area contributed by atoms with Gasteiger partial charge in [-0.25, -0.2) is 8.78 Å². The summed E-state index contributed by atoms with van der Waals surface area (Å²) in [6.07, 6.45) is 1.94. The highest BCUT2D eigenvalue weighted by atomic mass is 19.3. The van der Waals surface area contributed by atoms with Gasteiger partial charge in [-0.1, -0.05) is 0 Å². The molecule has 0 aromatic carbocycles. The number of rotatable bonds is 5. The van der Waals surface area contributed by atoms with Crippen LogP contribution in [0.25, 0.3) is 0 Å². The van der Waals surface area contributed by atoms with Crippen LogP contribution in [0.2, 0.25) is 0 Å². The summed E-state index contributed by atoms with van der Waals surface area (Å²) in [4.78, 5) is 14.2. The van der Waals surface area contributed by atoms with Crippen molar-refractivity contribution in [2.75, 3.05) is 13.1 Å². The largest absolute Gasteiger partial charge is 0.356 e. The minimum absolute atomic E-state index is 0.208. The molecule has 1 N–H and O–H groups in total. The summed E-state index contributed by atoms with van der Waals surface area (Å²) in [7, 11) is 0. The van der Waals surface area contributed by atoms with Crippen LogP contribution in [0, 0.1) is 5.92 Å². The second kappa shape index (κ2) is 6.19. The predicted octanol–water partition coefficient (Wildman–Crippen LogP) is 2.20. The van der Waals surface area contributed by atoms with E-state index in [-0.39, 0.29) is 24.8 Å². The van der Waals surface area contributed by atoms with Crippen LogP contribution in [0.15, 0.2) is 12.3 Å². The molecule has 128 valence electrons. The highest BCUT2D eigenvalue weighted by molar-refractivity contribution is 5.79. The fourth-order valence-electron chi connectivity index (χ4n) is 3.38. The van der Waals surface area contributed by atoms with Crippen LogP contribution < -0.4 is 5.32 Å². The molecule has 23 heavy (non-hydrogen) atoms. The SMILES string of the molecule is CC(C)N1Cc2ccnn2C(CCNC(=O)C2CC(F)(F)C2)C1. The molecule has 2 aliphatic rings. The van der Waals surface area contributed by atoms with E-state index in [0.717, 1.165) is 19.5 Å². The summed E-state index contributed by atoms with van der Waals surface area (Å²) in [5.74, 6) is -3.41. The minimum atomic E-state index is -2.65. The molecule has 1 unspecified atom stereocenters. The number of nitrogens with one attached hydrogen (secondary N) is 1. The standard InChI is InChI=1S/C16H24F2N4O/c1-11(2)21-9-13(22-14(10-21)4-6-20-22)3-5-19-15(23)12-7-16(17,18)8-12/h4,6,11-13H,3,5,7-10H2,1-2H3,(H,19,23). The van der Waals surface area contributed by atoms with Crippen molar-refractivity contribution in [1.29, 1.82) is 0 Å². The fraction of sp³-hybridized carbons (Fsp3) is 0.750. The lowest BCUT2D eigenvalue weighted by atomic mass is 9.81. The Bertz CT molecular complexity index is 564. The Labute approximate surface area is 135 Å². The summed E-state index contributed by atoms with van der Waals surface area (Å²) < 4.78 is 27.7. The van der Waals surface area contributed by atoms with Crippen molar-refractivity contribution in [1.82, 2.24) is 20.0 Å². The molecule has 3 rings (SSSR count). The number of carbonyl (C=O) groups excluding carboxylic acids is 1. The fourth-order valence-corrected chi connectivity index (χ4v) is 3.38. The molecule has 0 saturated heterocycles. The third-order valence-electron chi connectivity index (χ3n) is 4.88. The summed E-state index contributed by atoms with van der Waals surface area (Å²) in [5.41, 5.74) is 1.18. The van der Waals surface area contributed by atoms with Gasteiger partial charge in [0.25, 0.3) is 0 Å². The normalized spacial score (nSPS) is 24.3.